The van der Waals surface area contributed by atoms with Crippen molar-refractivity contribution in [1.82, 2.24) is 5.32 Å². The summed E-state index contributed by atoms with van der Waals surface area (Å²) in [6.07, 6.45) is 2.55. The van der Waals surface area contributed by atoms with Crippen LogP contribution < -0.4 is 5.32 Å². The first kappa shape index (κ1) is 11.8. The maximum Gasteiger partial charge on any atom is 0.120 e. The molecule has 2 N–H and O–H groups in total. The summed E-state index contributed by atoms with van der Waals surface area (Å²) in [6, 6.07) is 7.95. The van der Waals surface area contributed by atoms with E-state index in [0.29, 0.717) is 11.7 Å². The molecule has 0 spiro atoms. The number of rotatable bonds is 3. The Labute approximate surface area is 101 Å². The lowest BCUT2D eigenvalue weighted by molar-refractivity contribution is 0.368. The molecule has 1 fully saturated rings. The molecule has 2 rings (SSSR count). The molecule has 1 aliphatic heterocycles. The number of phenolic OH excluding ortho intramolecular Hbond substituents is 1. The van der Waals surface area contributed by atoms with Crippen LogP contribution in [0.2, 0.25) is 0 Å². The van der Waals surface area contributed by atoms with E-state index in [9.17, 15) is 5.11 Å². The van der Waals surface area contributed by atoms with Crippen LogP contribution in [0.5, 0.6) is 5.75 Å². The van der Waals surface area contributed by atoms with Gasteiger partial charge in [0, 0.05) is 11.6 Å². The summed E-state index contributed by atoms with van der Waals surface area (Å²) in [5.74, 6) is 3.53. The highest BCUT2D eigenvalue weighted by Gasteiger charge is 2.25. The van der Waals surface area contributed by atoms with E-state index in [2.05, 4.69) is 5.32 Å². The van der Waals surface area contributed by atoms with Crippen molar-refractivity contribution in [1.29, 1.82) is 0 Å². The molecule has 16 heavy (non-hydrogen) atoms. The summed E-state index contributed by atoms with van der Waals surface area (Å²) in [5.41, 5.74) is 1.04. The zero-order valence-corrected chi connectivity index (χ0v) is 10.5. The fraction of sp³-hybridized carbons (Fsp3) is 0.538. The summed E-state index contributed by atoms with van der Waals surface area (Å²) >= 11 is 2.03. The van der Waals surface area contributed by atoms with Gasteiger partial charge in [-0.25, -0.2) is 0 Å². The van der Waals surface area contributed by atoms with E-state index in [-0.39, 0.29) is 6.04 Å². The summed E-state index contributed by atoms with van der Waals surface area (Å²) in [4.78, 5) is 0. The van der Waals surface area contributed by atoms with Gasteiger partial charge in [-0.3, -0.25) is 0 Å². The predicted octanol–water partition coefficient (Wildman–Crippen LogP) is 2.80. The summed E-state index contributed by atoms with van der Waals surface area (Å²) in [5, 5.41) is 13.3. The van der Waals surface area contributed by atoms with Gasteiger partial charge in [0.1, 0.15) is 5.75 Å². The second-order valence-corrected chi connectivity index (χ2v) is 5.45. The molecule has 1 aromatic carbocycles. The van der Waals surface area contributed by atoms with Crippen LogP contribution in [0.15, 0.2) is 24.3 Å². The third kappa shape index (κ3) is 2.53. The van der Waals surface area contributed by atoms with Gasteiger partial charge in [0.25, 0.3) is 0 Å². The highest BCUT2D eigenvalue weighted by Crippen LogP contribution is 2.35. The molecule has 3 heteroatoms. The fourth-order valence-electron chi connectivity index (χ4n) is 2.42. The third-order valence-corrected chi connectivity index (χ3v) is 4.49. The number of nitrogens with one attached hydrogen (secondary N) is 1. The molecule has 2 nitrogen and oxygen atoms in total. The van der Waals surface area contributed by atoms with Crippen molar-refractivity contribution in [3.05, 3.63) is 29.8 Å². The number of hydrogen-bond acceptors (Lipinski definition) is 3. The van der Waals surface area contributed by atoms with Gasteiger partial charge in [0.2, 0.25) is 0 Å². The van der Waals surface area contributed by atoms with E-state index < -0.39 is 0 Å². The van der Waals surface area contributed by atoms with Crippen LogP contribution in [-0.2, 0) is 0 Å². The van der Waals surface area contributed by atoms with Crippen molar-refractivity contribution in [2.45, 2.75) is 18.9 Å². The number of benzene rings is 1. The number of thioether (sulfide) groups is 1. The zero-order valence-electron chi connectivity index (χ0n) is 9.65. The Morgan fingerprint density at radius 2 is 2.25 bits per heavy atom. The van der Waals surface area contributed by atoms with Crippen LogP contribution in [0.1, 0.15) is 24.4 Å². The van der Waals surface area contributed by atoms with E-state index in [4.69, 9.17) is 0 Å². The minimum Gasteiger partial charge on any atom is -0.508 e. The average Bonchev–Trinajstić information content (AvgIpc) is 2.34. The molecular formula is C13H19NOS. The molecule has 0 aliphatic carbocycles. The van der Waals surface area contributed by atoms with E-state index >= 15 is 0 Å². The lowest BCUT2D eigenvalue weighted by atomic mass is 9.90. The first-order valence-electron chi connectivity index (χ1n) is 5.86. The Kier molecular flexibility index (Phi) is 4.13. The van der Waals surface area contributed by atoms with Gasteiger partial charge in [0.15, 0.2) is 0 Å². The second kappa shape index (κ2) is 5.60. The maximum atomic E-state index is 9.90. The highest BCUT2D eigenvalue weighted by atomic mass is 32.2. The largest absolute Gasteiger partial charge is 0.508 e. The van der Waals surface area contributed by atoms with Crippen molar-refractivity contribution >= 4 is 11.8 Å². The molecule has 0 amide bonds. The van der Waals surface area contributed by atoms with E-state index in [1.165, 1.54) is 24.3 Å². The third-order valence-electron chi connectivity index (χ3n) is 3.25. The Hall–Kier alpha value is -0.670. The minimum absolute atomic E-state index is 0.286. The summed E-state index contributed by atoms with van der Waals surface area (Å²) < 4.78 is 0. The SMILES string of the molecule is CNC(c1ccccc1O)C1CCCSC1. The smallest absolute Gasteiger partial charge is 0.120 e. The first-order valence-corrected chi connectivity index (χ1v) is 7.01. The molecule has 0 aromatic heterocycles. The van der Waals surface area contributed by atoms with Crippen LogP contribution >= 0.6 is 11.8 Å². The summed E-state index contributed by atoms with van der Waals surface area (Å²) in [7, 11) is 1.98. The molecular weight excluding hydrogens is 218 g/mol. The van der Waals surface area contributed by atoms with E-state index in [1.807, 2.05) is 37.0 Å². The van der Waals surface area contributed by atoms with Crippen LogP contribution in [0.4, 0.5) is 0 Å². The highest BCUT2D eigenvalue weighted by molar-refractivity contribution is 7.99. The van der Waals surface area contributed by atoms with Crippen molar-refractivity contribution in [3.63, 3.8) is 0 Å². The minimum atomic E-state index is 0.286. The number of phenols is 1. The van der Waals surface area contributed by atoms with E-state index in [1.54, 1.807) is 6.07 Å². The molecule has 1 aromatic rings. The van der Waals surface area contributed by atoms with Gasteiger partial charge in [0.05, 0.1) is 0 Å². The van der Waals surface area contributed by atoms with Crippen molar-refractivity contribution in [2.24, 2.45) is 5.92 Å². The molecule has 88 valence electrons. The number of para-hydroxylation sites is 1. The summed E-state index contributed by atoms with van der Waals surface area (Å²) in [6.45, 7) is 0. The van der Waals surface area contributed by atoms with Crippen LogP contribution in [-0.4, -0.2) is 23.7 Å². The van der Waals surface area contributed by atoms with Crippen molar-refractivity contribution in [2.75, 3.05) is 18.6 Å². The van der Waals surface area contributed by atoms with Gasteiger partial charge < -0.3 is 10.4 Å². The maximum absolute atomic E-state index is 9.90. The first-order chi connectivity index (χ1) is 7.83. The topological polar surface area (TPSA) is 32.3 Å². The van der Waals surface area contributed by atoms with Crippen LogP contribution in [0.3, 0.4) is 0 Å². The van der Waals surface area contributed by atoms with Gasteiger partial charge in [-0.15, -0.1) is 0 Å². The standard InChI is InChI=1S/C13H19NOS/c1-14-13(10-5-4-8-16-9-10)11-6-2-3-7-12(11)15/h2-3,6-7,10,13-15H,4-5,8-9H2,1H3. The van der Waals surface area contributed by atoms with Gasteiger partial charge in [-0.05, 0) is 43.4 Å². The second-order valence-electron chi connectivity index (χ2n) is 4.30. The molecule has 1 heterocycles. The molecule has 2 unspecified atom stereocenters. The lowest BCUT2D eigenvalue weighted by Crippen LogP contribution is -2.28. The predicted molar refractivity (Wildman–Crippen MR) is 70.0 cm³/mol. The zero-order chi connectivity index (χ0) is 11.4. The van der Waals surface area contributed by atoms with Crippen LogP contribution in [0, 0.1) is 5.92 Å². The number of aromatic hydroxyl groups is 1. The Balaban J connectivity index is 2.18. The monoisotopic (exact) mass is 237 g/mol. The quantitative estimate of drug-likeness (QED) is 0.848. The molecule has 0 saturated carbocycles. The molecule has 1 aliphatic rings. The van der Waals surface area contributed by atoms with Gasteiger partial charge >= 0.3 is 0 Å². The number of hydrogen-bond donors (Lipinski definition) is 2. The van der Waals surface area contributed by atoms with Gasteiger partial charge in [-0.2, -0.15) is 11.8 Å². The van der Waals surface area contributed by atoms with E-state index in [0.717, 1.165) is 5.56 Å². The average molecular weight is 237 g/mol. The Bertz CT molecular complexity index is 336. The Morgan fingerprint density at radius 3 is 2.88 bits per heavy atom. The fourth-order valence-corrected chi connectivity index (χ4v) is 3.62. The molecule has 0 bridgehead atoms. The van der Waals surface area contributed by atoms with Crippen LogP contribution in [0.25, 0.3) is 0 Å². The van der Waals surface area contributed by atoms with Crippen molar-refractivity contribution in [3.8, 4) is 5.75 Å². The molecule has 1 saturated heterocycles. The van der Waals surface area contributed by atoms with Crippen molar-refractivity contribution < 1.29 is 5.11 Å². The Morgan fingerprint density at radius 1 is 1.44 bits per heavy atom. The normalized spacial score (nSPS) is 22.9. The lowest BCUT2D eigenvalue weighted by Gasteiger charge is -2.30. The van der Waals surface area contributed by atoms with Gasteiger partial charge in [-0.1, -0.05) is 18.2 Å². The molecule has 0 radical (unpaired) electrons. The molecule has 2 atom stereocenters.